The Balaban J connectivity index is 2.00. The summed E-state index contributed by atoms with van der Waals surface area (Å²) in [5, 5.41) is 16.6. The lowest BCUT2D eigenvalue weighted by molar-refractivity contribution is -0.114. The number of pyridine rings is 1. The number of benzene rings is 1. The highest BCUT2D eigenvalue weighted by Crippen LogP contribution is 2.31. The van der Waals surface area contributed by atoms with Crippen molar-refractivity contribution in [2.24, 2.45) is 0 Å². The first kappa shape index (κ1) is 13.9. The van der Waals surface area contributed by atoms with Crippen LogP contribution in [0.3, 0.4) is 0 Å². The predicted molar refractivity (Wildman–Crippen MR) is 80.9 cm³/mol. The predicted octanol–water partition coefficient (Wildman–Crippen LogP) is 2.07. The van der Waals surface area contributed by atoms with Gasteiger partial charge in [0.15, 0.2) is 17.1 Å². The minimum atomic E-state index is -0.226. The van der Waals surface area contributed by atoms with Gasteiger partial charge >= 0.3 is 0 Å². The molecule has 3 aromatic rings. The van der Waals surface area contributed by atoms with Crippen LogP contribution in [0.15, 0.2) is 36.5 Å². The topological polar surface area (TPSA) is 88.8 Å². The molecule has 0 aliphatic rings. The molecule has 0 saturated carbocycles. The minimum Gasteiger partial charge on any atom is -0.504 e. The number of phenolic OH excluding ortho intramolecular Hbond substituents is 1. The van der Waals surface area contributed by atoms with Gasteiger partial charge in [-0.2, -0.15) is 4.98 Å². The maximum atomic E-state index is 11.0. The van der Waals surface area contributed by atoms with Crippen LogP contribution in [-0.4, -0.2) is 32.7 Å². The summed E-state index contributed by atoms with van der Waals surface area (Å²) in [5.74, 6) is 0.509. The first-order valence-electron chi connectivity index (χ1n) is 6.58. The number of carbonyl (C=O) groups is 1. The van der Waals surface area contributed by atoms with Crippen LogP contribution >= 0.6 is 0 Å². The van der Waals surface area contributed by atoms with E-state index >= 15 is 0 Å². The van der Waals surface area contributed by atoms with Crippen molar-refractivity contribution in [1.82, 2.24) is 14.6 Å². The number of nitrogens with zero attached hydrogens (tertiary/aromatic N) is 3. The highest BCUT2D eigenvalue weighted by atomic mass is 16.5. The summed E-state index contributed by atoms with van der Waals surface area (Å²) in [4.78, 5) is 15.2. The second-order valence-corrected chi connectivity index (χ2v) is 4.72. The number of fused-ring (bicyclic) bond motifs is 1. The lowest BCUT2D eigenvalue weighted by Crippen LogP contribution is -2.07. The number of anilines is 1. The molecule has 1 amide bonds. The Morgan fingerprint density at radius 3 is 2.73 bits per heavy atom. The fourth-order valence-corrected chi connectivity index (χ4v) is 2.13. The summed E-state index contributed by atoms with van der Waals surface area (Å²) in [5.41, 5.74) is 2.28. The van der Waals surface area contributed by atoms with Gasteiger partial charge in [0.25, 0.3) is 0 Å². The molecule has 0 spiro atoms. The van der Waals surface area contributed by atoms with E-state index in [1.54, 1.807) is 28.9 Å². The van der Waals surface area contributed by atoms with E-state index in [2.05, 4.69) is 15.4 Å². The third-order valence-corrected chi connectivity index (χ3v) is 3.13. The summed E-state index contributed by atoms with van der Waals surface area (Å²) in [6.07, 6.45) is 1.77. The molecule has 7 nitrogen and oxygen atoms in total. The van der Waals surface area contributed by atoms with Crippen molar-refractivity contribution in [1.29, 1.82) is 0 Å². The minimum absolute atomic E-state index is 0.0672. The van der Waals surface area contributed by atoms with Gasteiger partial charge in [0.2, 0.25) is 11.9 Å². The Bertz CT molecular complexity index is 857. The molecule has 1 aromatic carbocycles. The van der Waals surface area contributed by atoms with Crippen LogP contribution in [0.4, 0.5) is 5.95 Å². The third-order valence-electron chi connectivity index (χ3n) is 3.13. The van der Waals surface area contributed by atoms with Crippen LogP contribution in [0, 0.1) is 0 Å². The van der Waals surface area contributed by atoms with Crippen LogP contribution in [0.5, 0.6) is 11.5 Å². The van der Waals surface area contributed by atoms with Gasteiger partial charge in [-0.25, -0.2) is 4.52 Å². The van der Waals surface area contributed by atoms with Crippen LogP contribution in [-0.2, 0) is 4.79 Å². The molecular formula is C15H14N4O3. The number of hydrogen-bond acceptors (Lipinski definition) is 5. The fraction of sp³-hybridized carbons (Fsp3) is 0.133. The van der Waals surface area contributed by atoms with Crippen molar-refractivity contribution in [2.75, 3.05) is 12.4 Å². The second kappa shape index (κ2) is 5.36. The highest BCUT2D eigenvalue weighted by Gasteiger charge is 2.08. The van der Waals surface area contributed by atoms with Gasteiger partial charge < -0.3 is 9.84 Å². The van der Waals surface area contributed by atoms with Crippen molar-refractivity contribution < 1.29 is 14.6 Å². The molecule has 0 aliphatic heterocycles. The van der Waals surface area contributed by atoms with Gasteiger partial charge in [-0.1, -0.05) is 6.07 Å². The van der Waals surface area contributed by atoms with Crippen LogP contribution in [0.2, 0.25) is 0 Å². The summed E-state index contributed by atoms with van der Waals surface area (Å²) >= 11 is 0. The van der Waals surface area contributed by atoms with Crippen molar-refractivity contribution in [3.8, 4) is 22.6 Å². The molecule has 0 saturated heterocycles. The molecular weight excluding hydrogens is 284 g/mol. The first-order valence-corrected chi connectivity index (χ1v) is 6.58. The zero-order valence-electron chi connectivity index (χ0n) is 12.1. The van der Waals surface area contributed by atoms with Crippen molar-refractivity contribution in [2.45, 2.75) is 6.92 Å². The van der Waals surface area contributed by atoms with Crippen molar-refractivity contribution in [3.05, 3.63) is 36.5 Å². The summed E-state index contributed by atoms with van der Waals surface area (Å²) in [6, 6.07) is 8.80. The number of methoxy groups -OCH3 is 1. The van der Waals surface area contributed by atoms with Crippen LogP contribution in [0.1, 0.15) is 6.92 Å². The Kier molecular flexibility index (Phi) is 3.38. The molecule has 0 aliphatic carbocycles. The average molecular weight is 298 g/mol. The molecule has 2 heterocycles. The number of hydrogen-bond donors (Lipinski definition) is 2. The molecule has 0 atom stereocenters. The molecule has 0 radical (unpaired) electrons. The first-order chi connectivity index (χ1) is 10.6. The van der Waals surface area contributed by atoms with Gasteiger partial charge in [-0.05, 0) is 29.8 Å². The monoisotopic (exact) mass is 298 g/mol. The number of rotatable bonds is 3. The molecule has 7 heteroatoms. The molecule has 0 bridgehead atoms. The van der Waals surface area contributed by atoms with Gasteiger partial charge in [-0.3, -0.25) is 10.1 Å². The van der Waals surface area contributed by atoms with E-state index in [0.717, 1.165) is 11.1 Å². The number of amides is 1. The van der Waals surface area contributed by atoms with Crippen LogP contribution in [0.25, 0.3) is 16.8 Å². The van der Waals surface area contributed by atoms with E-state index in [-0.39, 0.29) is 17.6 Å². The van der Waals surface area contributed by atoms with E-state index < -0.39 is 0 Å². The van der Waals surface area contributed by atoms with Gasteiger partial charge in [0.05, 0.1) is 7.11 Å². The van der Waals surface area contributed by atoms with E-state index in [4.69, 9.17) is 4.74 Å². The molecule has 0 fully saturated rings. The quantitative estimate of drug-likeness (QED) is 0.772. The molecule has 0 unspecified atom stereocenters. The normalized spacial score (nSPS) is 10.6. The number of aromatic hydroxyl groups is 1. The summed E-state index contributed by atoms with van der Waals surface area (Å²) < 4.78 is 6.60. The van der Waals surface area contributed by atoms with Gasteiger partial charge in [-0.15, -0.1) is 5.10 Å². The van der Waals surface area contributed by atoms with E-state index in [1.165, 1.54) is 14.0 Å². The standard InChI is InChI=1S/C15H14N4O3/c1-9(20)16-15-17-14-6-4-11(8-19(14)18-15)10-3-5-13(22-2)12(21)7-10/h3-8,21H,1-2H3,(H,16,18,20). The van der Waals surface area contributed by atoms with E-state index in [9.17, 15) is 9.90 Å². The smallest absolute Gasteiger partial charge is 0.249 e. The average Bonchev–Trinajstić information content (AvgIpc) is 2.87. The Morgan fingerprint density at radius 1 is 1.27 bits per heavy atom. The highest BCUT2D eigenvalue weighted by molar-refractivity contribution is 5.86. The van der Waals surface area contributed by atoms with E-state index in [1.807, 2.05) is 12.1 Å². The molecule has 112 valence electrons. The Morgan fingerprint density at radius 2 is 2.05 bits per heavy atom. The SMILES string of the molecule is COc1ccc(-c2ccc3nc(NC(C)=O)nn3c2)cc1O. The zero-order valence-corrected chi connectivity index (χ0v) is 12.1. The number of aromatic nitrogens is 3. The van der Waals surface area contributed by atoms with E-state index in [0.29, 0.717) is 11.4 Å². The summed E-state index contributed by atoms with van der Waals surface area (Å²) in [6.45, 7) is 1.40. The van der Waals surface area contributed by atoms with Crippen molar-refractivity contribution >= 4 is 17.5 Å². The number of nitrogens with one attached hydrogen (secondary N) is 1. The number of carbonyl (C=O) groups excluding carboxylic acids is 1. The number of ether oxygens (including phenoxy) is 1. The lowest BCUT2D eigenvalue weighted by Gasteiger charge is -2.06. The van der Waals surface area contributed by atoms with Crippen molar-refractivity contribution in [3.63, 3.8) is 0 Å². The maximum absolute atomic E-state index is 11.0. The second-order valence-electron chi connectivity index (χ2n) is 4.72. The third kappa shape index (κ3) is 2.56. The summed E-state index contributed by atoms with van der Waals surface area (Å²) in [7, 11) is 1.50. The number of phenols is 1. The fourth-order valence-electron chi connectivity index (χ4n) is 2.13. The molecule has 3 rings (SSSR count). The lowest BCUT2D eigenvalue weighted by atomic mass is 10.1. The molecule has 2 N–H and O–H groups in total. The largest absolute Gasteiger partial charge is 0.504 e. The Labute approximate surface area is 126 Å². The molecule has 2 aromatic heterocycles. The molecule has 22 heavy (non-hydrogen) atoms. The zero-order chi connectivity index (χ0) is 15.7. The Hall–Kier alpha value is -3.09. The van der Waals surface area contributed by atoms with Gasteiger partial charge in [0, 0.05) is 18.7 Å². The maximum Gasteiger partial charge on any atom is 0.249 e. The van der Waals surface area contributed by atoms with Gasteiger partial charge in [0.1, 0.15) is 0 Å². The van der Waals surface area contributed by atoms with Crippen LogP contribution < -0.4 is 10.1 Å².